The number of amides is 1. The molecule has 0 aromatic heterocycles. The van der Waals surface area contributed by atoms with Crippen LogP contribution in [0.1, 0.15) is 40.0 Å². The summed E-state index contributed by atoms with van der Waals surface area (Å²) in [7, 11) is 0. The first kappa shape index (κ1) is 12.5. The van der Waals surface area contributed by atoms with Crippen LogP contribution in [0.15, 0.2) is 0 Å². The molecule has 0 heterocycles. The molecule has 15 heavy (non-hydrogen) atoms. The van der Waals surface area contributed by atoms with Crippen molar-refractivity contribution in [2.75, 3.05) is 13.1 Å². The summed E-state index contributed by atoms with van der Waals surface area (Å²) < 4.78 is 0. The van der Waals surface area contributed by atoms with Crippen LogP contribution in [0.3, 0.4) is 0 Å². The van der Waals surface area contributed by atoms with Crippen molar-refractivity contribution in [2.45, 2.75) is 46.1 Å². The highest BCUT2D eigenvalue weighted by molar-refractivity contribution is 5.79. The van der Waals surface area contributed by atoms with Gasteiger partial charge in [0.05, 0.1) is 0 Å². The number of carbonyl (C=O) groups excluding carboxylic acids is 1. The quantitative estimate of drug-likeness (QED) is 0.672. The Morgan fingerprint density at radius 2 is 2.20 bits per heavy atom. The molecule has 88 valence electrons. The van der Waals surface area contributed by atoms with Crippen LogP contribution in [-0.2, 0) is 4.79 Å². The van der Waals surface area contributed by atoms with Crippen LogP contribution in [0, 0.1) is 11.8 Å². The normalized spacial score (nSPS) is 26.1. The maximum absolute atomic E-state index is 11.7. The fraction of sp³-hybridized carbons (Fsp3) is 0.917. The van der Waals surface area contributed by atoms with Crippen molar-refractivity contribution in [3.05, 3.63) is 0 Å². The third-order valence-electron chi connectivity index (χ3n) is 3.06. The molecule has 2 N–H and O–H groups in total. The standard InChI is InChI=1S/C12H24N2O/c1-4-6-10-7-11(10)14-12(15)9(3)8-13-5-2/h9-11,13H,4-8H2,1-3H3,(H,14,15). The highest BCUT2D eigenvalue weighted by atomic mass is 16.2. The number of hydrogen-bond acceptors (Lipinski definition) is 2. The molecule has 1 rings (SSSR count). The number of hydrogen-bond donors (Lipinski definition) is 2. The zero-order chi connectivity index (χ0) is 11.3. The van der Waals surface area contributed by atoms with E-state index in [9.17, 15) is 4.79 Å². The second-order valence-electron chi connectivity index (χ2n) is 4.61. The zero-order valence-electron chi connectivity index (χ0n) is 10.2. The maximum Gasteiger partial charge on any atom is 0.224 e. The summed E-state index contributed by atoms with van der Waals surface area (Å²) in [5.74, 6) is 1.05. The van der Waals surface area contributed by atoms with E-state index >= 15 is 0 Å². The van der Waals surface area contributed by atoms with Crippen LogP contribution in [0.2, 0.25) is 0 Å². The summed E-state index contributed by atoms with van der Waals surface area (Å²) in [5, 5.41) is 6.32. The molecule has 0 bridgehead atoms. The van der Waals surface area contributed by atoms with E-state index in [-0.39, 0.29) is 11.8 Å². The predicted octanol–water partition coefficient (Wildman–Crippen LogP) is 1.54. The van der Waals surface area contributed by atoms with Gasteiger partial charge in [-0.25, -0.2) is 0 Å². The molecule has 1 amide bonds. The molecule has 1 aliphatic carbocycles. The Kier molecular flexibility index (Phi) is 5.09. The third-order valence-corrected chi connectivity index (χ3v) is 3.06. The topological polar surface area (TPSA) is 41.1 Å². The van der Waals surface area contributed by atoms with Gasteiger partial charge in [0.25, 0.3) is 0 Å². The summed E-state index contributed by atoms with van der Waals surface area (Å²) >= 11 is 0. The Hall–Kier alpha value is -0.570. The molecule has 1 fully saturated rings. The van der Waals surface area contributed by atoms with E-state index in [1.165, 1.54) is 19.3 Å². The van der Waals surface area contributed by atoms with E-state index in [0.29, 0.717) is 6.04 Å². The van der Waals surface area contributed by atoms with Crippen molar-refractivity contribution >= 4 is 5.91 Å². The number of carbonyl (C=O) groups is 1. The average Bonchev–Trinajstić information content (AvgIpc) is 2.93. The van der Waals surface area contributed by atoms with Gasteiger partial charge in [-0.3, -0.25) is 4.79 Å². The van der Waals surface area contributed by atoms with E-state index < -0.39 is 0 Å². The van der Waals surface area contributed by atoms with Gasteiger partial charge in [0.1, 0.15) is 0 Å². The second-order valence-corrected chi connectivity index (χ2v) is 4.61. The Morgan fingerprint density at radius 3 is 2.80 bits per heavy atom. The lowest BCUT2D eigenvalue weighted by Gasteiger charge is -2.12. The molecule has 0 aromatic carbocycles. The first-order valence-corrected chi connectivity index (χ1v) is 6.20. The molecule has 3 unspecified atom stereocenters. The first-order valence-electron chi connectivity index (χ1n) is 6.20. The van der Waals surface area contributed by atoms with Gasteiger partial charge < -0.3 is 10.6 Å². The lowest BCUT2D eigenvalue weighted by Crippen LogP contribution is -2.36. The van der Waals surface area contributed by atoms with E-state index in [0.717, 1.165) is 19.0 Å². The zero-order valence-corrected chi connectivity index (χ0v) is 10.2. The summed E-state index contributed by atoms with van der Waals surface area (Å²) in [5.41, 5.74) is 0. The lowest BCUT2D eigenvalue weighted by atomic mass is 10.1. The Morgan fingerprint density at radius 1 is 1.47 bits per heavy atom. The van der Waals surface area contributed by atoms with Crippen LogP contribution in [0.5, 0.6) is 0 Å². The largest absolute Gasteiger partial charge is 0.353 e. The van der Waals surface area contributed by atoms with Gasteiger partial charge in [0.2, 0.25) is 5.91 Å². The highest BCUT2D eigenvalue weighted by Gasteiger charge is 2.37. The number of nitrogens with one attached hydrogen (secondary N) is 2. The second kappa shape index (κ2) is 6.11. The molecule has 1 aliphatic rings. The van der Waals surface area contributed by atoms with E-state index in [4.69, 9.17) is 0 Å². The molecule has 3 atom stereocenters. The van der Waals surface area contributed by atoms with Crippen molar-refractivity contribution < 1.29 is 4.79 Å². The predicted molar refractivity (Wildman–Crippen MR) is 62.7 cm³/mol. The highest BCUT2D eigenvalue weighted by Crippen LogP contribution is 2.34. The molecular formula is C12H24N2O. The van der Waals surface area contributed by atoms with Gasteiger partial charge in [-0.1, -0.05) is 27.2 Å². The van der Waals surface area contributed by atoms with Crippen molar-refractivity contribution in [1.82, 2.24) is 10.6 Å². The Bertz CT molecular complexity index is 206. The molecule has 0 spiro atoms. The molecule has 1 saturated carbocycles. The van der Waals surface area contributed by atoms with Crippen molar-refractivity contribution in [2.24, 2.45) is 11.8 Å². The molecular weight excluding hydrogens is 188 g/mol. The fourth-order valence-corrected chi connectivity index (χ4v) is 1.89. The molecule has 0 aliphatic heterocycles. The summed E-state index contributed by atoms with van der Waals surface area (Å²) in [4.78, 5) is 11.7. The summed E-state index contributed by atoms with van der Waals surface area (Å²) in [6.07, 6.45) is 3.67. The van der Waals surface area contributed by atoms with Gasteiger partial charge in [-0.2, -0.15) is 0 Å². The van der Waals surface area contributed by atoms with Crippen LogP contribution in [-0.4, -0.2) is 25.0 Å². The SMILES string of the molecule is CCCC1CC1NC(=O)C(C)CNCC. The van der Waals surface area contributed by atoms with Crippen molar-refractivity contribution in [3.63, 3.8) is 0 Å². The van der Waals surface area contributed by atoms with Gasteiger partial charge in [-0.05, 0) is 25.3 Å². The minimum Gasteiger partial charge on any atom is -0.353 e. The van der Waals surface area contributed by atoms with Crippen LogP contribution >= 0.6 is 0 Å². The van der Waals surface area contributed by atoms with Gasteiger partial charge >= 0.3 is 0 Å². The van der Waals surface area contributed by atoms with E-state index in [1.54, 1.807) is 0 Å². The monoisotopic (exact) mass is 212 g/mol. The Balaban J connectivity index is 2.13. The Labute approximate surface area is 93.0 Å². The van der Waals surface area contributed by atoms with Crippen LogP contribution < -0.4 is 10.6 Å². The van der Waals surface area contributed by atoms with Gasteiger partial charge in [0, 0.05) is 18.5 Å². The minimum absolute atomic E-state index is 0.0906. The fourth-order valence-electron chi connectivity index (χ4n) is 1.89. The number of rotatable bonds is 7. The third kappa shape index (κ3) is 4.20. The lowest BCUT2D eigenvalue weighted by molar-refractivity contribution is -0.124. The average molecular weight is 212 g/mol. The van der Waals surface area contributed by atoms with Gasteiger partial charge in [-0.15, -0.1) is 0 Å². The summed E-state index contributed by atoms with van der Waals surface area (Å²) in [6.45, 7) is 7.95. The van der Waals surface area contributed by atoms with Crippen LogP contribution in [0.25, 0.3) is 0 Å². The smallest absolute Gasteiger partial charge is 0.224 e. The van der Waals surface area contributed by atoms with E-state index in [1.807, 2.05) is 6.92 Å². The first-order chi connectivity index (χ1) is 7.19. The molecule has 0 radical (unpaired) electrons. The van der Waals surface area contributed by atoms with Gasteiger partial charge in [0.15, 0.2) is 0 Å². The molecule has 3 nitrogen and oxygen atoms in total. The van der Waals surface area contributed by atoms with Crippen LogP contribution in [0.4, 0.5) is 0 Å². The maximum atomic E-state index is 11.7. The summed E-state index contributed by atoms with van der Waals surface area (Å²) in [6, 6.07) is 0.474. The van der Waals surface area contributed by atoms with Crippen molar-refractivity contribution in [3.8, 4) is 0 Å². The van der Waals surface area contributed by atoms with Crippen molar-refractivity contribution in [1.29, 1.82) is 0 Å². The molecule has 3 heteroatoms. The molecule has 0 aromatic rings. The van der Waals surface area contributed by atoms with E-state index in [2.05, 4.69) is 24.5 Å². The minimum atomic E-state index is 0.0906. The molecule has 0 saturated heterocycles.